The van der Waals surface area contributed by atoms with E-state index in [0.29, 0.717) is 11.7 Å². The lowest BCUT2D eigenvalue weighted by Gasteiger charge is -2.31. The number of nitrogens with zero attached hydrogens (tertiary/aromatic N) is 7. The maximum absolute atomic E-state index is 11.5. The van der Waals surface area contributed by atoms with Crippen molar-refractivity contribution in [3.8, 4) is 11.4 Å². The SMILES string of the molecule is Cn1c(CN2CCC[C@H]2c2nc(-c3ccnc(N4CCC(C(N)=O)CC4)c3)no2)nc2ccccc21. The molecule has 0 spiro atoms. The summed E-state index contributed by atoms with van der Waals surface area (Å²) in [6.45, 7) is 3.20. The average molecular weight is 487 g/mol. The first-order valence-electron chi connectivity index (χ1n) is 12.6. The van der Waals surface area contributed by atoms with Gasteiger partial charge in [0.05, 0.1) is 23.6 Å². The molecule has 36 heavy (non-hydrogen) atoms. The monoisotopic (exact) mass is 486 g/mol. The number of carbonyl (C=O) groups is 1. The van der Waals surface area contributed by atoms with Gasteiger partial charge in [0.15, 0.2) is 0 Å². The van der Waals surface area contributed by atoms with Crippen molar-refractivity contribution >= 4 is 22.8 Å². The van der Waals surface area contributed by atoms with Gasteiger partial charge in [-0.1, -0.05) is 17.3 Å². The Hall–Kier alpha value is -3.79. The number of primary amides is 1. The number of carbonyl (C=O) groups excluding carboxylic acids is 1. The Morgan fingerprint density at radius 2 is 1.94 bits per heavy atom. The van der Waals surface area contributed by atoms with Gasteiger partial charge in [0.2, 0.25) is 17.6 Å². The summed E-state index contributed by atoms with van der Waals surface area (Å²) in [7, 11) is 2.07. The van der Waals surface area contributed by atoms with Gasteiger partial charge in [0, 0.05) is 37.8 Å². The molecule has 0 unspecified atom stereocenters. The summed E-state index contributed by atoms with van der Waals surface area (Å²) < 4.78 is 7.93. The molecule has 2 N–H and O–H groups in total. The molecule has 5 heterocycles. The summed E-state index contributed by atoms with van der Waals surface area (Å²) in [4.78, 5) is 30.2. The van der Waals surface area contributed by atoms with Gasteiger partial charge in [-0.25, -0.2) is 9.97 Å². The number of para-hydroxylation sites is 2. The van der Waals surface area contributed by atoms with E-state index < -0.39 is 0 Å². The standard InChI is InChI=1S/C26H30N8O2/c1-32-20-6-3-2-5-19(20)29-23(32)16-34-12-4-7-21(34)26-30-25(31-36-26)18-8-11-28-22(15-18)33-13-9-17(10-14-33)24(27)35/h2-3,5-6,8,11,15,17,21H,4,7,9-10,12-14,16H2,1H3,(H2,27,35)/t21-/m0/s1. The molecule has 10 heteroatoms. The van der Waals surface area contributed by atoms with E-state index in [-0.39, 0.29) is 17.9 Å². The lowest BCUT2D eigenvalue weighted by atomic mass is 9.96. The van der Waals surface area contributed by atoms with Crippen LogP contribution in [0.2, 0.25) is 0 Å². The number of anilines is 1. The molecule has 2 aliphatic rings. The molecule has 2 aliphatic heterocycles. The summed E-state index contributed by atoms with van der Waals surface area (Å²) >= 11 is 0. The Balaban J connectivity index is 1.18. The molecule has 1 atom stereocenters. The van der Waals surface area contributed by atoms with Gasteiger partial charge in [-0.3, -0.25) is 9.69 Å². The molecule has 186 valence electrons. The highest BCUT2D eigenvalue weighted by Gasteiger charge is 2.32. The molecule has 1 aromatic carbocycles. The summed E-state index contributed by atoms with van der Waals surface area (Å²) in [6.07, 6.45) is 5.32. The number of hydrogen-bond acceptors (Lipinski definition) is 8. The number of fused-ring (bicyclic) bond motifs is 1. The minimum atomic E-state index is -0.215. The fraction of sp³-hybridized carbons (Fsp3) is 0.423. The molecule has 1 amide bonds. The second-order valence-corrected chi connectivity index (χ2v) is 9.73. The van der Waals surface area contributed by atoms with Crippen LogP contribution in [0, 0.1) is 5.92 Å². The molecule has 0 bridgehead atoms. The Bertz CT molecular complexity index is 1390. The quantitative estimate of drug-likeness (QED) is 0.442. The number of rotatable bonds is 6. The van der Waals surface area contributed by atoms with Crippen LogP contribution in [0.4, 0.5) is 5.82 Å². The highest BCUT2D eigenvalue weighted by Crippen LogP contribution is 2.34. The van der Waals surface area contributed by atoms with Crippen LogP contribution in [0.1, 0.15) is 43.4 Å². The van der Waals surface area contributed by atoms with Gasteiger partial charge in [-0.15, -0.1) is 0 Å². The van der Waals surface area contributed by atoms with Crippen molar-refractivity contribution in [3.63, 3.8) is 0 Å². The molecule has 6 rings (SSSR count). The van der Waals surface area contributed by atoms with Crippen LogP contribution in [0.15, 0.2) is 47.1 Å². The van der Waals surface area contributed by atoms with Gasteiger partial charge in [-0.2, -0.15) is 4.98 Å². The molecule has 3 aromatic heterocycles. The van der Waals surface area contributed by atoms with E-state index in [0.717, 1.165) is 80.1 Å². The Labute approximate surface area is 209 Å². The van der Waals surface area contributed by atoms with Crippen molar-refractivity contribution < 1.29 is 9.32 Å². The van der Waals surface area contributed by atoms with E-state index in [9.17, 15) is 4.79 Å². The molecule has 2 saturated heterocycles. The highest BCUT2D eigenvalue weighted by atomic mass is 16.5. The third-order valence-electron chi connectivity index (χ3n) is 7.54. The first-order valence-corrected chi connectivity index (χ1v) is 12.6. The number of aryl methyl sites for hydroxylation is 1. The van der Waals surface area contributed by atoms with E-state index in [1.807, 2.05) is 30.3 Å². The normalized spacial score (nSPS) is 19.4. The van der Waals surface area contributed by atoms with E-state index in [1.165, 1.54) is 0 Å². The zero-order valence-electron chi connectivity index (χ0n) is 20.4. The zero-order valence-corrected chi connectivity index (χ0v) is 20.4. The first-order chi connectivity index (χ1) is 17.6. The van der Waals surface area contributed by atoms with Crippen molar-refractivity contribution in [2.75, 3.05) is 24.5 Å². The van der Waals surface area contributed by atoms with Crippen molar-refractivity contribution in [2.45, 2.75) is 38.3 Å². The number of piperidine rings is 1. The molecular formula is C26H30N8O2. The van der Waals surface area contributed by atoms with Gasteiger partial charge in [0.25, 0.3) is 0 Å². The van der Waals surface area contributed by atoms with Crippen molar-refractivity contribution in [3.05, 3.63) is 54.3 Å². The average Bonchev–Trinajstić information content (AvgIpc) is 3.64. The van der Waals surface area contributed by atoms with Crippen LogP contribution < -0.4 is 10.6 Å². The predicted molar refractivity (Wildman–Crippen MR) is 135 cm³/mol. The topological polar surface area (TPSA) is 119 Å². The van der Waals surface area contributed by atoms with E-state index >= 15 is 0 Å². The third kappa shape index (κ3) is 4.21. The number of nitrogens with two attached hydrogens (primary N) is 1. The Morgan fingerprint density at radius 3 is 2.75 bits per heavy atom. The van der Waals surface area contributed by atoms with Crippen molar-refractivity contribution in [2.24, 2.45) is 18.7 Å². The van der Waals surface area contributed by atoms with Gasteiger partial charge in [-0.05, 0) is 56.5 Å². The van der Waals surface area contributed by atoms with Crippen LogP contribution >= 0.6 is 0 Å². The van der Waals surface area contributed by atoms with E-state index in [2.05, 4.69) is 37.6 Å². The van der Waals surface area contributed by atoms with Gasteiger partial charge in [0.1, 0.15) is 11.6 Å². The number of amides is 1. The lowest BCUT2D eigenvalue weighted by Crippen LogP contribution is -2.38. The summed E-state index contributed by atoms with van der Waals surface area (Å²) in [5, 5.41) is 4.31. The second kappa shape index (κ2) is 9.34. The van der Waals surface area contributed by atoms with Gasteiger partial charge < -0.3 is 19.7 Å². The summed E-state index contributed by atoms with van der Waals surface area (Å²) in [5.74, 6) is 2.82. The summed E-state index contributed by atoms with van der Waals surface area (Å²) in [5.41, 5.74) is 8.49. The highest BCUT2D eigenvalue weighted by molar-refractivity contribution is 5.77. The molecule has 0 saturated carbocycles. The van der Waals surface area contributed by atoms with Crippen LogP contribution in [-0.4, -0.2) is 55.1 Å². The van der Waals surface area contributed by atoms with Crippen LogP contribution in [0.5, 0.6) is 0 Å². The number of imidazole rings is 1. The predicted octanol–water partition coefficient (Wildman–Crippen LogP) is 3.06. The molecule has 10 nitrogen and oxygen atoms in total. The number of likely N-dealkylation sites (tertiary alicyclic amines) is 1. The van der Waals surface area contributed by atoms with Crippen molar-refractivity contribution in [1.82, 2.24) is 29.6 Å². The number of pyridine rings is 1. The molecule has 0 radical (unpaired) electrons. The van der Waals surface area contributed by atoms with E-state index in [4.69, 9.17) is 20.2 Å². The lowest BCUT2D eigenvalue weighted by molar-refractivity contribution is -0.122. The largest absolute Gasteiger partial charge is 0.369 e. The third-order valence-corrected chi connectivity index (χ3v) is 7.54. The fourth-order valence-electron chi connectivity index (χ4n) is 5.42. The maximum Gasteiger partial charge on any atom is 0.244 e. The number of hydrogen-bond donors (Lipinski definition) is 1. The second-order valence-electron chi connectivity index (χ2n) is 9.73. The fourth-order valence-corrected chi connectivity index (χ4v) is 5.42. The smallest absolute Gasteiger partial charge is 0.244 e. The van der Waals surface area contributed by atoms with Gasteiger partial charge >= 0.3 is 0 Å². The van der Waals surface area contributed by atoms with Crippen LogP contribution in [0.25, 0.3) is 22.4 Å². The summed E-state index contributed by atoms with van der Waals surface area (Å²) in [6, 6.07) is 12.2. The van der Waals surface area contributed by atoms with E-state index in [1.54, 1.807) is 6.20 Å². The minimum Gasteiger partial charge on any atom is -0.369 e. The zero-order chi connectivity index (χ0) is 24.6. The first kappa shape index (κ1) is 22.7. The molecule has 4 aromatic rings. The number of aromatic nitrogens is 5. The van der Waals surface area contributed by atoms with Crippen molar-refractivity contribution in [1.29, 1.82) is 0 Å². The maximum atomic E-state index is 11.5. The van der Waals surface area contributed by atoms with Crippen LogP contribution in [0.3, 0.4) is 0 Å². The molecule has 0 aliphatic carbocycles. The minimum absolute atomic E-state index is 0.0531. The Kier molecular flexibility index (Phi) is 5.88. The van der Waals surface area contributed by atoms with Crippen LogP contribution in [-0.2, 0) is 18.4 Å². The number of benzene rings is 1. The Morgan fingerprint density at radius 1 is 1.11 bits per heavy atom. The molecular weight excluding hydrogens is 456 g/mol. The molecule has 2 fully saturated rings.